The molecular formula is C14H22N. The molecule has 0 saturated heterocycles. The standard InChI is InChI=1S/C14H22N/c1-5-6-11-14(2,3)12-9-7-8-10-13(12)15-4/h7,9-10,15H,5-6,11H2,1-4H3. The van der Waals surface area contributed by atoms with E-state index < -0.39 is 0 Å². The third kappa shape index (κ3) is 2.98. The van der Waals surface area contributed by atoms with Crippen LogP contribution in [-0.2, 0) is 5.41 Å². The molecule has 1 heteroatoms. The number of unbranched alkanes of at least 4 members (excludes halogenated alkanes) is 1. The maximum Gasteiger partial charge on any atom is 0.0381 e. The first-order valence-electron chi connectivity index (χ1n) is 5.80. The molecule has 0 bridgehead atoms. The first-order valence-corrected chi connectivity index (χ1v) is 5.80. The van der Waals surface area contributed by atoms with Gasteiger partial charge in [-0.25, -0.2) is 0 Å². The second-order valence-corrected chi connectivity index (χ2v) is 4.71. The van der Waals surface area contributed by atoms with Crippen LogP contribution in [0.5, 0.6) is 0 Å². The Morgan fingerprint density at radius 3 is 2.73 bits per heavy atom. The summed E-state index contributed by atoms with van der Waals surface area (Å²) in [7, 11) is 1.97. The number of nitrogens with one attached hydrogen (secondary N) is 1. The summed E-state index contributed by atoms with van der Waals surface area (Å²) in [5, 5.41) is 3.25. The lowest BCUT2D eigenvalue weighted by atomic mass is 9.79. The predicted molar refractivity (Wildman–Crippen MR) is 67.4 cm³/mol. The van der Waals surface area contributed by atoms with Crippen molar-refractivity contribution in [2.45, 2.75) is 45.4 Å². The van der Waals surface area contributed by atoms with Crippen molar-refractivity contribution >= 4 is 5.69 Å². The van der Waals surface area contributed by atoms with Gasteiger partial charge in [-0.1, -0.05) is 45.7 Å². The lowest BCUT2D eigenvalue weighted by Crippen LogP contribution is -2.18. The normalized spacial score (nSPS) is 11.5. The van der Waals surface area contributed by atoms with E-state index in [1.807, 2.05) is 19.2 Å². The van der Waals surface area contributed by atoms with Gasteiger partial charge in [0.15, 0.2) is 0 Å². The van der Waals surface area contributed by atoms with Gasteiger partial charge in [0.25, 0.3) is 0 Å². The van der Waals surface area contributed by atoms with Crippen molar-refractivity contribution in [3.8, 4) is 0 Å². The average Bonchev–Trinajstić information content (AvgIpc) is 2.26. The fourth-order valence-corrected chi connectivity index (χ4v) is 1.98. The molecule has 1 radical (unpaired) electrons. The third-order valence-corrected chi connectivity index (χ3v) is 3.02. The molecule has 0 heterocycles. The Labute approximate surface area is 93.9 Å². The van der Waals surface area contributed by atoms with Crippen LogP contribution in [-0.4, -0.2) is 7.05 Å². The van der Waals surface area contributed by atoms with Gasteiger partial charge in [0.05, 0.1) is 0 Å². The number of rotatable bonds is 5. The Balaban J connectivity index is 2.92. The van der Waals surface area contributed by atoms with Crippen molar-refractivity contribution < 1.29 is 0 Å². The van der Waals surface area contributed by atoms with Crippen LogP contribution in [0.1, 0.15) is 45.6 Å². The molecule has 1 aromatic rings. The van der Waals surface area contributed by atoms with E-state index in [0.29, 0.717) is 0 Å². The number of benzene rings is 1. The maximum atomic E-state index is 3.25. The fraction of sp³-hybridized carbons (Fsp3) is 0.571. The Morgan fingerprint density at radius 2 is 2.13 bits per heavy atom. The predicted octanol–water partition coefficient (Wildman–Crippen LogP) is 4.00. The van der Waals surface area contributed by atoms with E-state index >= 15 is 0 Å². The molecule has 0 fully saturated rings. The molecule has 0 aliphatic heterocycles. The minimum Gasteiger partial charge on any atom is -0.388 e. The van der Waals surface area contributed by atoms with Crippen LogP contribution in [0.4, 0.5) is 5.69 Å². The summed E-state index contributed by atoms with van der Waals surface area (Å²) in [5.74, 6) is 0. The Morgan fingerprint density at radius 1 is 1.40 bits per heavy atom. The molecule has 0 spiro atoms. The highest BCUT2D eigenvalue weighted by atomic mass is 14.8. The lowest BCUT2D eigenvalue weighted by Gasteiger charge is -2.27. The summed E-state index contributed by atoms with van der Waals surface area (Å²) in [4.78, 5) is 0. The van der Waals surface area contributed by atoms with E-state index in [1.54, 1.807) is 0 Å². The van der Waals surface area contributed by atoms with Crippen molar-refractivity contribution in [3.05, 3.63) is 29.8 Å². The number of hydrogen-bond acceptors (Lipinski definition) is 1. The van der Waals surface area contributed by atoms with Gasteiger partial charge in [-0.05, 0) is 29.5 Å². The number of anilines is 1. The van der Waals surface area contributed by atoms with Gasteiger partial charge in [0.2, 0.25) is 0 Å². The van der Waals surface area contributed by atoms with E-state index in [4.69, 9.17) is 0 Å². The minimum atomic E-state index is 0.253. The molecule has 1 aromatic carbocycles. The highest BCUT2D eigenvalue weighted by Gasteiger charge is 2.22. The molecule has 0 atom stereocenters. The SMILES string of the molecule is CCCCC(C)(C)c1cc[c]cc1NC. The van der Waals surface area contributed by atoms with Crippen LogP contribution < -0.4 is 5.32 Å². The van der Waals surface area contributed by atoms with Crippen LogP contribution in [0.25, 0.3) is 0 Å². The van der Waals surface area contributed by atoms with Gasteiger partial charge in [-0.15, -0.1) is 0 Å². The van der Waals surface area contributed by atoms with Crippen molar-refractivity contribution in [1.29, 1.82) is 0 Å². The Bertz CT molecular complexity index is 302. The number of hydrogen-bond donors (Lipinski definition) is 1. The molecule has 0 aliphatic rings. The summed E-state index contributed by atoms with van der Waals surface area (Å²) < 4.78 is 0. The summed E-state index contributed by atoms with van der Waals surface area (Å²) in [5.41, 5.74) is 2.86. The minimum absolute atomic E-state index is 0.253. The summed E-state index contributed by atoms with van der Waals surface area (Å²) >= 11 is 0. The molecule has 83 valence electrons. The molecule has 0 aromatic heterocycles. The summed E-state index contributed by atoms with van der Waals surface area (Å²) in [6, 6.07) is 9.33. The van der Waals surface area contributed by atoms with Crippen molar-refractivity contribution in [3.63, 3.8) is 0 Å². The molecule has 0 unspecified atom stereocenters. The molecule has 1 N–H and O–H groups in total. The van der Waals surface area contributed by atoms with Gasteiger partial charge in [0, 0.05) is 12.7 Å². The molecular weight excluding hydrogens is 182 g/mol. The van der Waals surface area contributed by atoms with E-state index in [9.17, 15) is 0 Å². The quantitative estimate of drug-likeness (QED) is 0.764. The van der Waals surface area contributed by atoms with Crippen LogP contribution in [0, 0.1) is 6.07 Å². The van der Waals surface area contributed by atoms with Crippen LogP contribution >= 0.6 is 0 Å². The highest BCUT2D eigenvalue weighted by molar-refractivity contribution is 5.53. The van der Waals surface area contributed by atoms with E-state index in [2.05, 4.69) is 38.2 Å². The average molecular weight is 204 g/mol. The molecule has 1 rings (SSSR count). The van der Waals surface area contributed by atoms with Crippen molar-refractivity contribution in [1.82, 2.24) is 0 Å². The largest absolute Gasteiger partial charge is 0.388 e. The first-order chi connectivity index (χ1) is 7.11. The molecule has 0 aliphatic carbocycles. The fourth-order valence-electron chi connectivity index (χ4n) is 1.98. The van der Waals surface area contributed by atoms with Gasteiger partial charge in [-0.3, -0.25) is 0 Å². The maximum absolute atomic E-state index is 3.25. The van der Waals surface area contributed by atoms with E-state index in [-0.39, 0.29) is 5.41 Å². The topological polar surface area (TPSA) is 12.0 Å². The molecule has 15 heavy (non-hydrogen) atoms. The third-order valence-electron chi connectivity index (χ3n) is 3.02. The zero-order valence-electron chi connectivity index (χ0n) is 10.4. The summed E-state index contributed by atoms with van der Waals surface area (Å²) in [6.45, 7) is 6.88. The van der Waals surface area contributed by atoms with Crippen molar-refractivity contribution in [2.24, 2.45) is 0 Å². The Kier molecular flexibility index (Phi) is 4.19. The molecule has 1 nitrogen and oxygen atoms in total. The zero-order valence-corrected chi connectivity index (χ0v) is 10.4. The van der Waals surface area contributed by atoms with E-state index in [1.165, 1.54) is 30.5 Å². The highest BCUT2D eigenvalue weighted by Crippen LogP contribution is 2.33. The van der Waals surface area contributed by atoms with Gasteiger partial charge >= 0.3 is 0 Å². The van der Waals surface area contributed by atoms with Gasteiger partial charge in [-0.2, -0.15) is 0 Å². The molecule has 0 saturated carbocycles. The zero-order chi connectivity index (χ0) is 11.3. The smallest absolute Gasteiger partial charge is 0.0381 e. The molecule has 0 amide bonds. The Hall–Kier alpha value is -0.980. The van der Waals surface area contributed by atoms with Crippen LogP contribution in [0.2, 0.25) is 0 Å². The lowest BCUT2D eigenvalue weighted by molar-refractivity contribution is 0.459. The monoisotopic (exact) mass is 204 g/mol. The first kappa shape index (κ1) is 12.1. The van der Waals surface area contributed by atoms with Gasteiger partial charge in [0.1, 0.15) is 0 Å². The van der Waals surface area contributed by atoms with Crippen molar-refractivity contribution in [2.75, 3.05) is 12.4 Å². The summed E-state index contributed by atoms with van der Waals surface area (Å²) in [6.07, 6.45) is 3.79. The second-order valence-electron chi connectivity index (χ2n) is 4.71. The van der Waals surface area contributed by atoms with Crippen LogP contribution in [0.15, 0.2) is 18.2 Å². The second kappa shape index (κ2) is 5.20. The van der Waals surface area contributed by atoms with Gasteiger partial charge < -0.3 is 5.32 Å². The van der Waals surface area contributed by atoms with E-state index in [0.717, 1.165) is 0 Å². The van der Waals surface area contributed by atoms with Crippen LogP contribution in [0.3, 0.4) is 0 Å².